The number of rotatable bonds is 3. The van der Waals surface area contributed by atoms with E-state index in [1.54, 1.807) is 12.1 Å². The van der Waals surface area contributed by atoms with Crippen LogP contribution in [0.4, 0.5) is 4.39 Å². The molecule has 0 aliphatic heterocycles. The average Bonchev–Trinajstić information content (AvgIpc) is 2.16. The van der Waals surface area contributed by atoms with Crippen LogP contribution in [0, 0.1) is 5.82 Å². The van der Waals surface area contributed by atoms with Crippen molar-refractivity contribution in [2.45, 2.75) is 13.0 Å². The van der Waals surface area contributed by atoms with E-state index in [0.29, 0.717) is 6.04 Å². The number of hydrogen-bond donors (Lipinski definition) is 1. The monoisotopic (exact) mass is 179 g/mol. The molecule has 0 aliphatic rings. The second kappa shape index (κ2) is 4.77. The summed E-state index contributed by atoms with van der Waals surface area (Å²) in [6, 6.07) is 6.78. The molecule has 1 nitrogen and oxygen atoms in total. The van der Waals surface area contributed by atoms with Crippen LogP contribution in [0.2, 0.25) is 0 Å². The van der Waals surface area contributed by atoms with Gasteiger partial charge in [-0.3, -0.25) is 0 Å². The molecule has 1 N–H and O–H groups in total. The summed E-state index contributed by atoms with van der Waals surface area (Å²) >= 11 is 0. The van der Waals surface area contributed by atoms with Crippen LogP contribution in [0.3, 0.4) is 0 Å². The zero-order chi connectivity index (χ0) is 9.68. The molecule has 0 spiro atoms. The molecular weight excluding hydrogens is 165 g/mol. The number of likely N-dealkylation sites (N-methyl/N-ethyl adjacent to an activating group) is 1. The quantitative estimate of drug-likeness (QED) is 0.751. The van der Waals surface area contributed by atoms with Crippen molar-refractivity contribution in [2.75, 3.05) is 7.05 Å². The molecule has 0 radical (unpaired) electrons. The number of halogens is 1. The van der Waals surface area contributed by atoms with Gasteiger partial charge in [-0.2, -0.15) is 0 Å². The molecule has 0 amide bonds. The van der Waals surface area contributed by atoms with Crippen molar-refractivity contribution in [3.8, 4) is 0 Å². The van der Waals surface area contributed by atoms with Crippen LogP contribution in [0.25, 0.3) is 6.08 Å². The Kier molecular flexibility index (Phi) is 3.65. The van der Waals surface area contributed by atoms with Gasteiger partial charge in [0.2, 0.25) is 0 Å². The van der Waals surface area contributed by atoms with Crippen LogP contribution >= 0.6 is 0 Å². The molecule has 1 atom stereocenters. The highest BCUT2D eigenvalue weighted by Crippen LogP contribution is 2.04. The van der Waals surface area contributed by atoms with Gasteiger partial charge in [0.15, 0.2) is 0 Å². The Morgan fingerprint density at radius 3 is 2.46 bits per heavy atom. The second-order valence-corrected chi connectivity index (χ2v) is 2.99. The molecule has 1 unspecified atom stereocenters. The largest absolute Gasteiger partial charge is 0.314 e. The minimum atomic E-state index is -0.196. The van der Waals surface area contributed by atoms with Gasteiger partial charge in [-0.1, -0.05) is 24.3 Å². The second-order valence-electron chi connectivity index (χ2n) is 2.99. The van der Waals surface area contributed by atoms with E-state index in [0.717, 1.165) is 5.56 Å². The molecule has 2 heteroatoms. The van der Waals surface area contributed by atoms with Crippen molar-refractivity contribution in [1.29, 1.82) is 0 Å². The van der Waals surface area contributed by atoms with Crippen LogP contribution in [0.15, 0.2) is 30.3 Å². The van der Waals surface area contributed by atoms with E-state index in [1.165, 1.54) is 12.1 Å². The zero-order valence-electron chi connectivity index (χ0n) is 7.92. The lowest BCUT2D eigenvalue weighted by Crippen LogP contribution is -2.17. The predicted molar refractivity (Wildman–Crippen MR) is 54.0 cm³/mol. The maximum Gasteiger partial charge on any atom is 0.123 e. The van der Waals surface area contributed by atoms with Crippen LogP contribution < -0.4 is 5.32 Å². The molecular formula is C11H14FN. The molecule has 70 valence electrons. The number of hydrogen-bond acceptors (Lipinski definition) is 1. The van der Waals surface area contributed by atoms with E-state index < -0.39 is 0 Å². The van der Waals surface area contributed by atoms with Crippen molar-refractivity contribution in [3.05, 3.63) is 41.7 Å². The Bertz CT molecular complexity index is 277. The Morgan fingerprint density at radius 1 is 1.31 bits per heavy atom. The van der Waals surface area contributed by atoms with Gasteiger partial charge in [0.1, 0.15) is 5.82 Å². The molecule has 13 heavy (non-hydrogen) atoms. The maximum atomic E-state index is 12.5. The molecule has 0 aromatic heterocycles. The summed E-state index contributed by atoms with van der Waals surface area (Å²) in [7, 11) is 1.90. The van der Waals surface area contributed by atoms with Crippen LogP contribution in [0.1, 0.15) is 12.5 Å². The third kappa shape index (κ3) is 3.38. The Hall–Kier alpha value is -1.15. The van der Waals surface area contributed by atoms with Crippen LogP contribution in [-0.2, 0) is 0 Å². The van der Waals surface area contributed by atoms with Crippen molar-refractivity contribution < 1.29 is 4.39 Å². The highest BCUT2D eigenvalue weighted by atomic mass is 19.1. The van der Waals surface area contributed by atoms with E-state index in [-0.39, 0.29) is 5.82 Å². The maximum absolute atomic E-state index is 12.5. The van der Waals surface area contributed by atoms with E-state index >= 15 is 0 Å². The number of benzene rings is 1. The number of nitrogens with one attached hydrogen (secondary N) is 1. The first-order valence-corrected chi connectivity index (χ1v) is 4.33. The Morgan fingerprint density at radius 2 is 1.92 bits per heavy atom. The summed E-state index contributed by atoms with van der Waals surface area (Å²) in [5.74, 6) is -0.196. The van der Waals surface area contributed by atoms with E-state index in [4.69, 9.17) is 0 Å². The van der Waals surface area contributed by atoms with Gasteiger partial charge in [-0.05, 0) is 31.7 Å². The lowest BCUT2D eigenvalue weighted by atomic mass is 10.2. The third-order valence-electron chi connectivity index (χ3n) is 1.90. The Balaban J connectivity index is 2.64. The van der Waals surface area contributed by atoms with Crippen molar-refractivity contribution in [2.24, 2.45) is 0 Å². The first-order chi connectivity index (χ1) is 6.22. The topological polar surface area (TPSA) is 12.0 Å². The summed E-state index contributed by atoms with van der Waals surface area (Å²) in [5, 5.41) is 3.09. The van der Waals surface area contributed by atoms with Crippen molar-refractivity contribution in [3.63, 3.8) is 0 Å². The fourth-order valence-electron chi connectivity index (χ4n) is 0.926. The third-order valence-corrected chi connectivity index (χ3v) is 1.90. The molecule has 0 saturated carbocycles. The van der Waals surface area contributed by atoms with Gasteiger partial charge >= 0.3 is 0 Å². The summed E-state index contributed by atoms with van der Waals surface area (Å²) in [6.07, 6.45) is 4.01. The van der Waals surface area contributed by atoms with Gasteiger partial charge in [0, 0.05) is 6.04 Å². The van der Waals surface area contributed by atoms with Gasteiger partial charge in [0.05, 0.1) is 0 Å². The zero-order valence-corrected chi connectivity index (χ0v) is 7.92. The Labute approximate surface area is 78.3 Å². The van der Waals surface area contributed by atoms with Crippen molar-refractivity contribution in [1.82, 2.24) is 5.32 Å². The molecule has 1 aromatic carbocycles. The summed E-state index contributed by atoms with van der Waals surface area (Å²) < 4.78 is 12.5. The van der Waals surface area contributed by atoms with E-state index in [9.17, 15) is 4.39 Å². The summed E-state index contributed by atoms with van der Waals surface area (Å²) in [4.78, 5) is 0. The van der Waals surface area contributed by atoms with Crippen LogP contribution in [0.5, 0.6) is 0 Å². The minimum Gasteiger partial charge on any atom is -0.314 e. The average molecular weight is 179 g/mol. The van der Waals surface area contributed by atoms with Crippen molar-refractivity contribution >= 4 is 6.08 Å². The molecule has 1 rings (SSSR count). The SMILES string of the molecule is CNC(C)/C=C/c1ccc(F)cc1. The van der Waals surface area contributed by atoms with Gasteiger partial charge in [-0.25, -0.2) is 4.39 Å². The summed E-state index contributed by atoms with van der Waals surface area (Å²) in [6.45, 7) is 2.06. The van der Waals surface area contributed by atoms with Gasteiger partial charge in [-0.15, -0.1) is 0 Å². The fraction of sp³-hybridized carbons (Fsp3) is 0.273. The molecule has 1 aromatic rings. The standard InChI is InChI=1S/C11H14FN/c1-9(13-2)3-4-10-5-7-11(12)8-6-10/h3-9,13H,1-2H3/b4-3+. The van der Waals surface area contributed by atoms with Crippen LogP contribution in [-0.4, -0.2) is 13.1 Å². The van der Waals surface area contributed by atoms with Gasteiger partial charge < -0.3 is 5.32 Å². The highest BCUT2D eigenvalue weighted by molar-refractivity contribution is 5.49. The lowest BCUT2D eigenvalue weighted by molar-refractivity contribution is 0.628. The highest BCUT2D eigenvalue weighted by Gasteiger charge is 1.91. The van der Waals surface area contributed by atoms with Gasteiger partial charge in [0.25, 0.3) is 0 Å². The summed E-state index contributed by atoms with van der Waals surface area (Å²) in [5.41, 5.74) is 1.02. The molecule has 0 fully saturated rings. The fourth-order valence-corrected chi connectivity index (χ4v) is 0.926. The first-order valence-electron chi connectivity index (χ1n) is 4.33. The molecule has 0 heterocycles. The van der Waals surface area contributed by atoms with E-state index in [2.05, 4.69) is 12.2 Å². The first kappa shape index (κ1) is 9.93. The normalized spacial score (nSPS) is 13.5. The predicted octanol–water partition coefficient (Wildman–Crippen LogP) is 2.45. The molecule has 0 saturated heterocycles. The smallest absolute Gasteiger partial charge is 0.123 e. The lowest BCUT2D eigenvalue weighted by Gasteiger charge is -2.01. The molecule has 0 bridgehead atoms. The van der Waals surface area contributed by atoms with E-state index in [1.807, 2.05) is 19.2 Å². The minimum absolute atomic E-state index is 0.196. The molecule has 0 aliphatic carbocycles.